The number of ether oxygens (including phenoxy) is 1. The number of hydrogen-bond acceptors (Lipinski definition) is 2. The van der Waals surface area contributed by atoms with Crippen molar-refractivity contribution in [3.05, 3.63) is 0 Å². The Morgan fingerprint density at radius 1 is 1.60 bits per heavy atom. The van der Waals surface area contributed by atoms with Crippen LogP contribution in [0.2, 0.25) is 0 Å². The van der Waals surface area contributed by atoms with Crippen molar-refractivity contribution in [2.45, 2.75) is 32.6 Å². The monoisotopic (exact) mass is 212 g/mol. The molecule has 0 aromatic rings. The highest BCUT2D eigenvalue weighted by atomic mass is 16.5. The lowest BCUT2D eigenvalue weighted by atomic mass is 9.65. The quantitative estimate of drug-likeness (QED) is 0.776. The van der Waals surface area contributed by atoms with Gasteiger partial charge in [-0.15, -0.1) is 0 Å². The number of carboxylic acid groups (broad SMARTS) is 1. The molecule has 3 nitrogen and oxygen atoms in total. The van der Waals surface area contributed by atoms with Gasteiger partial charge in [0.15, 0.2) is 0 Å². The molecule has 3 heteroatoms. The predicted molar refractivity (Wildman–Crippen MR) is 56.6 cm³/mol. The first-order valence-electron chi connectivity index (χ1n) is 5.83. The first kappa shape index (κ1) is 10.9. The second kappa shape index (κ2) is 3.78. The van der Waals surface area contributed by atoms with Crippen LogP contribution < -0.4 is 0 Å². The fourth-order valence-corrected chi connectivity index (χ4v) is 3.85. The van der Waals surface area contributed by atoms with Crippen molar-refractivity contribution < 1.29 is 14.6 Å². The molecule has 0 radical (unpaired) electrons. The van der Waals surface area contributed by atoms with E-state index in [2.05, 4.69) is 0 Å². The Balaban J connectivity index is 2.22. The van der Waals surface area contributed by atoms with E-state index in [-0.39, 0.29) is 5.92 Å². The number of fused-ring (bicyclic) bond motifs is 2. The van der Waals surface area contributed by atoms with Gasteiger partial charge < -0.3 is 9.84 Å². The lowest BCUT2D eigenvalue weighted by molar-refractivity contribution is -0.158. The highest BCUT2D eigenvalue weighted by Gasteiger charge is 2.58. The summed E-state index contributed by atoms with van der Waals surface area (Å²) in [5, 5.41) is 9.53. The van der Waals surface area contributed by atoms with E-state index in [1.165, 1.54) is 6.42 Å². The molecule has 2 fully saturated rings. The zero-order valence-electron chi connectivity index (χ0n) is 9.53. The van der Waals surface area contributed by atoms with Gasteiger partial charge in [-0.2, -0.15) is 0 Å². The summed E-state index contributed by atoms with van der Waals surface area (Å²) in [6.07, 6.45) is 4.34. The molecular weight excluding hydrogens is 192 g/mol. The number of carboxylic acids is 1. The molecule has 2 aliphatic rings. The van der Waals surface area contributed by atoms with Crippen molar-refractivity contribution in [2.24, 2.45) is 23.2 Å². The molecule has 0 amide bonds. The molecule has 0 aromatic heterocycles. The molecule has 0 aromatic carbocycles. The van der Waals surface area contributed by atoms with Crippen LogP contribution in [-0.2, 0) is 9.53 Å². The topological polar surface area (TPSA) is 46.5 Å². The van der Waals surface area contributed by atoms with E-state index in [4.69, 9.17) is 4.74 Å². The fourth-order valence-electron chi connectivity index (χ4n) is 3.85. The van der Waals surface area contributed by atoms with E-state index in [9.17, 15) is 9.90 Å². The van der Waals surface area contributed by atoms with Gasteiger partial charge in [0.2, 0.25) is 0 Å². The molecule has 2 saturated carbocycles. The second-order valence-electron chi connectivity index (χ2n) is 5.28. The first-order valence-corrected chi connectivity index (χ1v) is 5.83. The van der Waals surface area contributed by atoms with E-state index < -0.39 is 11.4 Å². The number of rotatable bonds is 4. The van der Waals surface area contributed by atoms with Gasteiger partial charge >= 0.3 is 5.97 Å². The summed E-state index contributed by atoms with van der Waals surface area (Å²) >= 11 is 0. The van der Waals surface area contributed by atoms with Crippen molar-refractivity contribution in [1.82, 2.24) is 0 Å². The van der Waals surface area contributed by atoms with Gasteiger partial charge in [-0.3, -0.25) is 4.79 Å². The van der Waals surface area contributed by atoms with Crippen molar-refractivity contribution in [2.75, 3.05) is 13.7 Å². The van der Waals surface area contributed by atoms with Gasteiger partial charge in [0.1, 0.15) is 0 Å². The van der Waals surface area contributed by atoms with Gasteiger partial charge in [-0.05, 0) is 37.0 Å². The second-order valence-corrected chi connectivity index (χ2v) is 5.28. The molecule has 86 valence electrons. The van der Waals surface area contributed by atoms with E-state index in [1.54, 1.807) is 7.11 Å². The number of carbonyl (C=O) groups is 1. The molecule has 0 heterocycles. The molecule has 4 unspecified atom stereocenters. The lowest BCUT2D eigenvalue weighted by Gasteiger charge is -2.38. The Bertz CT molecular complexity index is 264. The van der Waals surface area contributed by atoms with Crippen LogP contribution in [0, 0.1) is 23.2 Å². The van der Waals surface area contributed by atoms with Crippen LogP contribution in [0.5, 0.6) is 0 Å². The number of methoxy groups -OCH3 is 1. The minimum atomic E-state index is -0.598. The normalized spacial score (nSPS) is 40.7. The molecule has 2 aliphatic carbocycles. The molecule has 4 atom stereocenters. The van der Waals surface area contributed by atoms with Crippen molar-refractivity contribution in [3.8, 4) is 0 Å². The zero-order chi connectivity index (χ0) is 11.1. The summed E-state index contributed by atoms with van der Waals surface area (Å²) in [6.45, 7) is 2.59. The average molecular weight is 212 g/mol. The SMILES string of the molecule is COCC(C)C1(C(=O)O)CC2CCC1C2. The minimum Gasteiger partial charge on any atom is -0.481 e. The molecular formula is C12H20O3. The van der Waals surface area contributed by atoms with E-state index in [1.807, 2.05) is 6.92 Å². The fraction of sp³-hybridized carbons (Fsp3) is 0.917. The predicted octanol–water partition coefficient (Wildman–Crippen LogP) is 2.16. The van der Waals surface area contributed by atoms with Crippen LogP contribution >= 0.6 is 0 Å². The Kier molecular flexibility index (Phi) is 2.75. The zero-order valence-corrected chi connectivity index (χ0v) is 9.53. The molecule has 2 bridgehead atoms. The van der Waals surface area contributed by atoms with Crippen molar-refractivity contribution in [1.29, 1.82) is 0 Å². The number of hydrogen-bond donors (Lipinski definition) is 1. The largest absolute Gasteiger partial charge is 0.481 e. The Labute approximate surface area is 90.8 Å². The van der Waals surface area contributed by atoms with Gasteiger partial charge in [-0.25, -0.2) is 0 Å². The Hall–Kier alpha value is -0.570. The standard InChI is InChI=1S/C12H20O3/c1-8(7-15-2)12(11(13)14)6-9-3-4-10(12)5-9/h8-10H,3-7H2,1-2H3,(H,13,14). The minimum absolute atomic E-state index is 0.135. The molecule has 2 rings (SSSR count). The van der Waals surface area contributed by atoms with E-state index >= 15 is 0 Å². The Morgan fingerprint density at radius 3 is 2.73 bits per heavy atom. The lowest BCUT2D eigenvalue weighted by Crippen LogP contribution is -2.43. The van der Waals surface area contributed by atoms with Crippen LogP contribution in [-0.4, -0.2) is 24.8 Å². The summed E-state index contributed by atoms with van der Waals surface area (Å²) in [4.78, 5) is 11.6. The summed E-state index contributed by atoms with van der Waals surface area (Å²) in [5.41, 5.74) is -0.487. The van der Waals surface area contributed by atoms with Gasteiger partial charge in [0.05, 0.1) is 5.41 Å². The highest BCUT2D eigenvalue weighted by Crippen LogP contribution is 2.59. The van der Waals surface area contributed by atoms with Crippen LogP contribution in [0.25, 0.3) is 0 Å². The number of aliphatic carboxylic acids is 1. The molecule has 1 N–H and O–H groups in total. The maximum Gasteiger partial charge on any atom is 0.310 e. The third-order valence-electron chi connectivity index (χ3n) is 4.59. The first-order chi connectivity index (χ1) is 7.11. The third-order valence-corrected chi connectivity index (χ3v) is 4.59. The third kappa shape index (κ3) is 1.48. The van der Waals surface area contributed by atoms with Crippen molar-refractivity contribution >= 4 is 5.97 Å². The summed E-state index contributed by atoms with van der Waals surface area (Å²) in [7, 11) is 1.65. The average Bonchev–Trinajstić information content (AvgIpc) is 2.77. The van der Waals surface area contributed by atoms with Crippen LogP contribution in [0.1, 0.15) is 32.6 Å². The van der Waals surface area contributed by atoms with Crippen LogP contribution in [0.4, 0.5) is 0 Å². The maximum absolute atomic E-state index is 11.6. The summed E-state index contributed by atoms with van der Waals surface area (Å²) < 4.78 is 5.14. The van der Waals surface area contributed by atoms with E-state index in [0.717, 1.165) is 19.3 Å². The Morgan fingerprint density at radius 2 is 2.33 bits per heavy atom. The van der Waals surface area contributed by atoms with Gasteiger partial charge in [0, 0.05) is 13.7 Å². The van der Waals surface area contributed by atoms with E-state index in [0.29, 0.717) is 18.4 Å². The maximum atomic E-state index is 11.6. The highest BCUT2D eigenvalue weighted by molar-refractivity contribution is 5.76. The summed E-state index contributed by atoms with van der Waals surface area (Å²) in [5.74, 6) is 0.588. The molecule has 15 heavy (non-hydrogen) atoms. The smallest absolute Gasteiger partial charge is 0.310 e. The molecule has 0 spiro atoms. The molecule has 0 aliphatic heterocycles. The van der Waals surface area contributed by atoms with Crippen molar-refractivity contribution in [3.63, 3.8) is 0 Å². The van der Waals surface area contributed by atoms with Crippen LogP contribution in [0.15, 0.2) is 0 Å². The molecule has 0 saturated heterocycles. The summed E-state index contributed by atoms with van der Waals surface area (Å²) in [6, 6.07) is 0. The van der Waals surface area contributed by atoms with Gasteiger partial charge in [-0.1, -0.05) is 13.3 Å². The van der Waals surface area contributed by atoms with Gasteiger partial charge in [0.25, 0.3) is 0 Å². The van der Waals surface area contributed by atoms with Crippen LogP contribution in [0.3, 0.4) is 0 Å².